The summed E-state index contributed by atoms with van der Waals surface area (Å²) < 4.78 is 61.6. The molecule has 45 heavy (non-hydrogen) atoms. The molecule has 2 heterocycles. The molecule has 12 heteroatoms. The molecule has 0 aliphatic carbocycles. The monoisotopic (exact) mass is 653 g/mol. The van der Waals surface area contributed by atoms with Crippen LogP contribution in [0.2, 0.25) is 0 Å². The van der Waals surface area contributed by atoms with Gasteiger partial charge in [-0.15, -0.1) is 0 Å². The number of nitrogens with zero attached hydrogens (tertiary/aromatic N) is 3. The van der Waals surface area contributed by atoms with E-state index >= 15 is 0 Å². The first kappa shape index (κ1) is 34.2. The van der Waals surface area contributed by atoms with E-state index in [1.54, 1.807) is 12.1 Å². The number of fused-ring (bicyclic) bond motifs is 4. The molecule has 5 rings (SSSR count). The summed E-state index contributed by atoms with van der Waals surface area (Å²) >= 11 is 0. The molecule has 0 atom stereocenters. The maximum absolute atomic E-state index is 11.5. The Balaban J connectivity index is 0.000000591. The summed E-state index contributed by atoms with van der Waals surface area (Å²) in [6.45, 7) is 15.2. The summed E-state index contributed by atoms with van der Waals surface area (Å²) in [6.07, 6.45) is 8.82. The van der Waals surface area contributed by atoms with Gasteiger partial charge in [0.15, 0.2) is 5.71 Å². The van der Waals surface area contributed by atoms with Gasteiger partial charge in [0.2, 0.25) is 5.69 Å². The van der Waals surface area contributed by atoms with Crippen molar-refractivity contribution in [2.45, 2.75) is 65.2 Å². The Labute approximate surface area is 258 Å². The predicted octanol–water partition coefficient (Wildman–Crippen LogP) is 11.6. The van der Waals surface area contributed by atoms with Crippen molar-refractivity contribution >= 4 is 41.4 Å². The summed E-state index contributed by atoms with van der Waals surface area (Å²) in [6, 6.07) is 18.5. The van der Waals surface area contributed by atoms with Gasteiger partial charge in [0.25, 0.3) is 5.69 Å². The minimum atomic E-state index is -10.7. The van der Waals surface area contributed by atoms with Crippen LogP contribution in [0.5, 0.6) is 0 Å². The van der Waals surface area contributed by atoms with Crippen LogP contribution < -0.4 is 4.90 Å². The van der Waals surface area contributed by atoms with E-state index in [2.05, 4.69) is 106 Å². The van der Waals surface area contributed by atoms with Crippen LogP contribution in [0.25, 0.3) is 10.8 Å². The molecule has 0 unspecified atom stereocenters. The molecule has 0 aromatic heterocycles. The number of nitro benzene ring substituents is 1. The molecule has 0 saturated carbocycles. The van der Waals surface area contributed by atoms with E-state index in [0.29, 0.717) is 0 Å². The second-order valence-corrected chi connectivity index (χ2v) is 14.3. The summed E-state index contributed by atoms with van der Waals surface area (Å²) in [5.41, 5.74) is 6.91. The summed E-state index contributed by atoms with van der Waals surface area (Å²) in [7, 11) is -10.7. The Bertz CT molecular complexity index is 1750. The van der Waals surface area contributed by atoms with Crippen LogP contribution in [0, 0.1) is 10.1 Å². The standard InChI is InChI=1S/C33H38N3O2.F6P/c1-7-9-21-35-27-20-18-24(36(37)38)22-26(27)32(3,4)29(35)15-12-16-30-33(5,6)31-25-14-11-10-13-23(25)17-19-28(31)34(30)8-2;1-7(2,3,4,5)6/h10-20,22H,7-9,21H2,1-6H3;/q+1;-1. The zero-order valence-electron chi connectivity index (χ0n) is 26.1. The normalized spacial score (nSPS) is 19.3. The SMILES string of the molecule is CCCC[N+]1=C(/C=C/C=C2\N(CC)c3ccc4ccccc4c3C2(C)C)C(C)(C)c2cc([N+](=O)[O-])ccc21.F[P-](F)(F)(F)(F)F. The van der Waals surface area contributed by atoms with E-state index in [4.69, 9.17) is 0 Å². The Kier molecular flexibility index (Phi) is 8.32. The molecule has 3 aromatic rings. The maximum atomic E-state index is 11.5. The topological polar surface area (TPSA) is 49.4 Å². The first-order chi connectivity index (χ1) is 20.6. The number of nitro groups is 1. The average Bonchev–Trinajstić information content (AvgIpc) is 3.28. The van der Waals surface area contributed by atoms with Crippen molar-refractivity contribution in [1.29, 1.82) is 0 Å². The summed E-state index contributed by atoms with van der Waals surface area (Å²) in [5.74, 6) is 0. The van der Waals surface area contributed by atoms with Gasteiger partial charge in [0, 0.05) is 59.6 Å². The van der Waals surface area contributed by atoms with E-state index < -0.39 is 7.81 Å². The van der Waals surface area contributed by atoms with Gasteiger partial charge in [0.1, 0.15) is 6.54 Å². The van der Waals surface area contributed by atoms with Crippen molar-refractivity contribution in [3.63, 3.8) is 0 Å². The fourth-order valence-electron chi connectivity index (χ4n) is 6.44. The van der Waals surface area contributed by atoms with Crippen molar-refractivity contribution in [3.8, 4) is 0 Å². The van der Waals surface area contributed by atoms with E-state index in [-0.39, 0.29) is 21.4 Å². The molecular weight excluding hydrogens is 615 g/mol. The number of likely N-dealkylation sites (N-methyl/N-ethyl adjacent to an activating group) is 1. The van der Waals surface area contributed by atoms with Crippen molar-refractivity contribution in [1.82, 2.24) is 0 Å². The van der Waals surface area contributed by atoms with Gasteiger partial charge in [-0.05, 0) is 49.2 Å². The van der Waals surface area contributed by atoms with Gasteiger partial charge >= 0.3 is 33.0 Å². The molecule has 3 aromatic carbocycles. The number of benzene rings is 3. The van der Waals surface area contributed by atoms with Gasteiger partial charge in [-0.1, -0.05) is 63.6 Å². The van der Waals surface area contributed by atoms with E-state index in [1.807, 2.05) is 6.07 Å². The van der Waals surface area contributed by atoms with Crippen molar-refractivity contribution in [2.75, 3.05) is 18.0 Å². The molecule has 2 aliphatic rings. The fourth-order valence-corrected chi connectivity index (χ4v) is 6.44. The van der Waals surface area contributed by atoms with E-state index in [9.17, 15) is 35.3 Å². The Morgan fingerprint density at radius 2 is 1.58 bits per heavy atom. The van der Waals surface area contributed by atoms with E-state index in [1.165, 1.54) is 33.4 Å². The van der Waals surface area contributed by atoms with Crippen LogP contribution in [0.4, 0.5) is 42.2 Å². The average molecular weight is 654 g/mol. The molecule has 0 N–H and O–H groups in total. The van der Waals surface area contributed by atoms with Crippen molar-refractivity contribution in [2.24, 2.45) is 0 Å². The Morgan fingerprint density at radius 3 is 2.18 bits per heavy atom. The number of unbranched alkanes of at least 4 members (excludes halogenated alkanes) is 1. The number of anilines is 1. The van der Waals surface area contributed by atoms with Gasteiger partial charge in [-0.2, -0.15) is 4.58 Å². The summed E-state index contributed by atoms with van der Waals surface area (Å²) in [5, 5.41) is 14.1. The molecule has 0 fully saturated rings. The second kappa shape index (κ2) is 11.0. The van der Waals surface area contributed by atoms with E-state index in [0.717, 1.165) is 37.2 Å². The number of rotatable bonds is 7. The summed E-state index contributed by atoms with van der Waals surface area (Å²) in [4.78, 5) is 13.7. The molecule has 0 spiro atoms. The molecule has 0 amide bonds. The number of non-ortho nitro benzene ring substituents is 1. The van der Waals surface area contributed by atoms with Crippen LogP contribution in [0.15, 0.2) is 78.5 Å². The number of allylic oxidation sites excluding steroid dienone is 4. The fraction of sp³-hybridized carbons (Fsp3) is 0.364. The van der Waals surface area contributed by atoms with Gasteiger partial charge in [0.05, 0.1) is 10.3 Å². The third-order valence-electron chi connectivity index (χ3n) is 8.40. The van der Waals surface area contributed by atoms with Gasteiger partial charge < -0.3 is 4.90 Å². The van der Waals surface area contributed by atoms with Crippen LogP contribution in [-0.4, -0.2) is 28.3 Å². The van der Waals surface area contributed by atoms with Crippen LogP contribution >= 0.6 is 7.81 Å². The zero-order chi connectivity index (χ0) is 33.7. The minimum absolute atomic E-state index is 0.141. The molecule has 0 bridgehead atoms. The van der Waals surface area contributed by atoms with Gasteiger partial charge in [-0.25, -0.2) is 0 Å². The first-order valence-electron chi connectivity index (χ1n) is 14.8. The number of hydrogen-bond acceptors (Lipinski definition) is 3. The van der Waals surface area contributed by atoms with Gasteiger partial charge in [-0.3, -0.25) is 10.1 Å². The van der Waals surface area contributed by atoms with Crippen LogP contribution in [0.1, 0.15) is 65.5 Å². The molecule has 0 saturated heterocycles. The van der Waals surface area contributed by atoms with Crippen molar-refractivity contribution < 1.29 is 34.7 Å². The molecule has 244 valence electrons. The quantitative estimate of drug-likeness (QED) is 0.0838. The number of halogens is 6. The van der Waals surface area contributed by atoms with Crippen LogP contribution in [0.3, 0.4) is 0 Å². The number of hydrogen-bond donors (Lipinski definition) is 0. The molecule has 2 aliphatic heterocycles. The Morgan fingerprint density at radius 1 is 0.933 bits per heavy atom. The molecular formula is C33H38F6N3O2P. The molecule has 0 radical (unpaired) electrons. The third kappa shape index (κ3) is 7.40. The Hall–Kier alpha value is -3.72. The third-order valence-corrected chi connectivity index (χ3v) is 8.40. The first-order valence-corrected chi connectivity index (χ1v) is 16.8. The van der Waals surface area contributed by atoms with Crippen molar-refractivity contribution in [3.05, 3.63) is 99.8 Å². The molecule has 5 nitrogen and oxygen atoms in total. The second-order valence-electron chi connectivity index (χ2n) is 12.4. The van der Waals surface area contributed by atoms with Crippen LogP contribution in [-0.2, 0) is 10.8 Å². The predicted molar refractivity (Wildman–Crippen MR) is 172 cm³/mol. The zero-order valence-corrected chi connectivity index (χ0v) is 27.0.